The Kier molecular flexibility index (Phi) is 3.98. The SMILES string of the molecule is Cc1ccc(Sc2ccc(/C=C3/NC(=O)NC3=O)cc2)cc1. The second-order valence-electron chi connectivity index (χ2n) is 4.95. The average Bonchev–Trinajstić information content (AvgIpc) is 2.81. The molecule has 22 heavy (non-hydrogen) atoms. The highest BCUT2D eigenvalue weighted by atomic mass is 32.2. The Bertz CT molecular complexity index is 749. The van der Waals surface area contributed by atoms with Crippen molar-refractivity contribution in [1.82, 2.24) is 10.6 Å². The minimum Gasteiger partial charge on any atom is -0.303 e. The van der Waals surface area contributed by atoms with E-state index < -0.39 is 11.9 Å². The van der Waals surface area contributed by atoms with Gasteiger partial charge in [-0.1, -0.05) is 41.6 Å². The number of carbonyl (C=O) groups is 2. The molecule has 1 heterocycles. The minimum atomic E-state index is -0.484. The lowest BCUT2D eigenvalue weighted by molar-refractivity contribution is -0.115. The normalized spacial score (nSPS) is 15.8. The summed E-state index contributed by atoms with van der Waals surface area (Å²) in [5.41, 5.74) is 2.37. The molecule has 4 nitrogen and oxygen atoms in total. The van der Waals surface area contributed by atoms with Gasteiger partial charge in [0.25, 0.3) is 5.91 Å². The lowest BCUT2D eigenvalue weighted by Crippen LogP contribution is -2.22. The van der Waals surface area contributed by atoms with Gasteiger partial charge in [0.1, 0.15) is 5.70 Å². The Hall–Kier alpha value is -2.53. The van der Waals surface area contributed by atoms with Crippen LogP contribution in [-0.4, -0.2) is 11.9 Å². The van der Waals surface area contributed by atoms with Crippen molar-refractivity contribution in [3.8, 4) is 0 Å². The maximum atomic E-state index is 11.5. The third kappa shape index (κ3) is 3.38. The lowest BCUT2D eigenvalue weighted by atomic mass is 10.2. The van der Waals surface area contributed by atoms with Crippen LogP contribution in [0.4, 0.5) is 4.79 Å². The van der Waals surface area contributed by atoms with Gasteiger partial charge in [0, 0.05) is 9.79 Å². The first-order valence-electron chi connectivity index (χ1n) is 6.79. The van der Waals surface area contributed by atoms with Crippen molar-refractivity contribution < 1.29 is 9.59 Å². The number of aryl methyl sites for hydroxylation is 1. The van der Waals surface area contributed by atoms with Gasteiger partial charge in [0.05, 0.1) is 0 Å². The second-order valence-corrected chi connectivity index (χ2v) is 6.10. The Labute approximate surface area is 132 Å². The summed E-state index contributed by atoms with van der Waals surface area (Å²) < 4.78 is 0. The number of benzene rings is 2. The van der Waals surface area contributed by atoms with Gasteiger partial charge in [-0.25, -0.2) is 4.79 Å². The number of urea groups is 1. The first-order chi connectivity index (χ1) is 10.6. The van der Waals surface area contributed by atoms with Crippen molar-refractivity contribution in [2.75, 3.05) is 0 Å². The van der Waals surface area contributed by atoms with Crippen LogP contribution in [0, 0.1) is 6.92 Å². The molecule has 1 saturated heterocycles. The molecule has 1 aliphatic rings. The predicted octanol–water partition coefficient (Wildman–Crippen LogP) is 3.33. The van der Waals surface area contributed by atoms with Gasteiger partial charge in [-0.2, -0.15) is 0 Å². The highest BCUT2D eigenvalue weighted by molar-refractivity contribution is 7.99. The van der Waals surface area contributed by atoms with Gasteiger partial charge < -0.3 is 5.32 Å². The maximum absolute atomic E-state index is 11.5. The molecule has 1 fully saturated rings. The van der Waals surface area contributed by atoms with Gasteiger partial charge in [-0.3, -0.25) is 10.1 Å². The van der Waals surface area contributed by atoms with Crippen LogP contribution in [0.1, 0.15) is 11.1 Å². The van der Waals surface area contributed by atoms with E-state index in [1.54, 1.807) is 17.8 Å². The fourth-order valence-corrected chi connectivity index (χ4v) is 2.84. The highest BCUT2D eigenvalue weighted by Gasteiger charge is 2.22. The summed E-state index contributed by atoms with van der Waals surface area (Å²) in [6.45, 7) is 2.06. The molecule has 5 heteroatoms. The molecule has 0 atom stereocenters. The Morgan fingerprint density at radius 1 is 0.864 bits per heavy atom. The molecule has 0 bridgehead atoms. The smallest absolute Gasteiger partial charge is 0.303 e. The summed E-state index contributed by atoms with van der Waals surface area (Å²) in [4.78, 5) is 24.8. The summed E-state index contributed by atoms with van der Waals surface area (Å²) in [6, 6.07) is 15.7. The van der Waals surface area contributed by atoms with Crippen molar-refractivity contribution >= 4 is 29.8 Å². The zero-order valence-electron chi connectivity index (χ0n) is 11.9. The molecule has 3 rings (SSSR count). The first kappa shape index (κ1) is 14.4. The number of hydrogen-bond donors (Lipinski definition) is 2. The van der Waals surface area contributed by atoms with E-state index >= 15 is 0 Å². The van der Waals surface area contributed by atoms with Gasteiger partial charge in [0.2, 0.25) is 0 Å². The summed E-state index contributed by atoms with van der Waals surface area (Å²) in [5, 5.41) is 4.64. The summed E-state index contributed by atoms with van der Waals surface area (Å²) in [5.74, 6) is -0.400. The van der Waals surface area contributed by atoms with Crippen LogP contribution in [-0.2, 0) is 4.79 Å². The Balaban J connectivity index is 1.73. The first-order valence-corrected chi connectivity index (χ1v) is 7.60. The summed E-state index contributed by atoms with van der Waals surface area (Å²) in [6.07, 6.45) is 1.65. The molecule has 1 aliphatic heterocycles. The number of carbonyl (C=O) groups excluding carboxylic acids is 2. The van der Waals surface area contributed by atoms with Crippen LogP contribution in [0.15, 0.2) is 64.0 Å². The second kappa shape index (κ2) is 6.07. The molecule has 0 aliphatic carbocycles. The maximum Gasteiger partial charge on any atom is 0.326 e. The van der Waals surface area contributed by atoms with Gasteiger partial charge in [-0.05, 0) is 42.8 Å². The standard InChI is InChI=1S/C17H14N2O2S/c1-11-2-6-13(7-3-11)22-14-8-4-12(5-9-14)10-15-16(20)19-17(21)18-15/h2-10H,1H3,(H2,18,19,20,21)/b15-10+. The topological polar surface area (TPSA) is 58.2 Å². The van der Waals surface area contributed by atoms with E-state index in [-0.39, 0.29) is 5.70 Å². The van der Waals surface area contributed by atoms with Gasteiger partial charge in [-0.15, -0.1) is 0 Å². The van der Waals surface area contributed by atoms with E-state index in [1.165, 1.54) is 10.5 Å². The number of imide groups is 1. The lowest BCUT2D eigenvalue weighted by Gasteiger charge is -2.03. The Morgan fingerprint density at radius 3 is 2.00 bits per heavy atom. The van der Waals surface area contributed by atoms with Crippen LogP contribution in [0.3, 0.4) is 0 Å². The largest absolute Gasteiger partial charge is 0.326 e. The molecule has 0 spiro atoms. The molecular weight excluding hydrogens is 296 g/mol. The molecule has 2 aromatic carbocycles. The monoisotopic (exact) mass is 310 g/mol. The summed E-state index contributed by atoms with van der Waals surface area (Å²) >= 11 is 1.68. The van der Waals surface area contributed by atoms with E-state index in [9.17, 15) is 9.59 Å². The predicted molar refractivity (Wildman–Crippen MR) is 86.4 cm³/mol. The van der Waals surface area contributed by atoms with E-state index in [4.69, 9.17) is 0 Å². The van der Waals surface area contributed by atoms with Gasteiger partial charge >= 0.3 is 6.03 Å². The highest BCUT2D eigenvalue weighted by Crippen LogP contribution is 2.28. The number of rotatable bonds is 3. The quantitative estimate of drug-likeness (QED) is 0.675. The number of nitrogens with one attached hydrogen (secondary N) is 2. The molecule has 0 aromatic heterocycles. The van der Waals surface area contributed by atoms with E-state index in [0.717, 1.165) is 10.5 Å². The molecule has 3 amide bonds. The molecule has 110 valence electrons. The molecule has 2 N–H and O–H groups in total. The fourth-order valence-electron chi connectivity index (χ4n) is 2.02. The van der Waals surface area contributed by atoms with Gasteiger partial charge in [0.15, 0.2) is 0 Å². The molecule has 0 radical (unpaired) electrons. The molecular formula is C17H14N2O2S. The van der Waals surface area contributed by atoms with Crippen molar-refractivity contribution in [3.63, 3.8) is 0 Å². The third-order valence-electron chi connectivity index (χ3n) is 3.17. The zero-order chi connectivity index (χ0) is 15.5. The summed E-state index contributed by atoms with van der Waals surface area (Å²) in [7, 11) is 0. The van der Waals surface area contributed by atoms with E-state index in [1.807, 2.05) is 24.3 Å². The molecule has 2 aromatic rings. The number of amides is 3. The zero-order valence-corrected chi connectivity index (χ0v) is 12.7. The Morgan fingerprint density at radius 2 is 1.45 bits per heavy atom. The van der Waals surface area contributed by atoms with E-state index in [2.05, 4.69) is 41.8 Å². The van der Waals surface area contributed by atoms with Crippen LogP contribution in [0.2, 0.25) is 0 Å². The molecule has 0 unspecified atom stereocenters. The van der Waals surface area contributed by atoms with Crippen molar-refractivity contribution in [2.45, 2.75) is 16.7 Å². The van der Waals surface area contributed by atoms with Crippen LogP contribution < -0.4 is 10.6 Å². The molecule has 0 saturated carbocycles. The third-order valence-corrected chi connectivity index (χ3v) is 4.18. The minimum absolute atomic E-state index is 0.268. The van der Waals surface area contributed by atoms with Crippen molar-refractivity contribution in [1.29, 1.82) is 0 Å². The fraction of sp³-hybridized carbons (Fsp3) is 0.0588. The number of hydrogen-bond acceptors (Lipinski definition) is 3. The van der Waals surface area contributed by atoms with Crippen LogP contribution in [0.5, 0.6) is 0 Å². The van der Waals surface area contributed by atoms with Crippen LogP contribution in [0.25, 0.3) is 6.08 Å². The van der Waals surface area contributed by atoms with Crippen molar-refractivity contribution in [2.24, 2.45) is 0 Å². The van der Waals surface area contributed by atoms with E-state index in [0.29, 0.717) is 0 Å². The van der Waals surface area contributed by atoms with Crippen LogP contribution >= 0.6 is 11.8 Å². The van der Waals surface area contributed by atoms with Crippen molar-refractivity contribution in [3.05, 3.63) is 65.4 Å². The average molecular weight is 310 g/mol.